The van der Waals surface area contributed by atoms with E-state index in [0.717, 1.165) is 37.3 Å². The van der Waals surface area contributed by atoms with Crippen LogP contribution in [0.25, 0.3) is 0 Å². The first-order valence-corrected chi connectivity index (χ1v) is 6.36. The number of hydrogen-bond acceptors (Lipinski definition) is 1. The average Bonchev–Trinajstić information content (AvgIpc) is 2.39. The van der Waals surface area contributed by atoms with E-state index in [1.807, 2.05) is 6.08 Å². The van der Waals surface area contributed by atoms with Crippen molar-refractivity contribution >= 4 is 5.78 Å². The molecule has 19 heavy (non-hydrogen) atoms. The predicted molar refractivity (Wildman–Crippen MR) is 66.9 cm³/mol. The minimum Gasteiger partial charge on any atom is -0.294 e. The van der Waals surface area contributed by atoms with Crippen molar-refractivity contribution in [1.29, 1.82) is 0 Å². The maximum atomic E-state index is 12.8. The van der Waals surface area contributed by atoms with Gasteiger partial charge in [0.25, 0.3) is 0 Å². The van der Waals surface area contributed by atoms with Crippen LogP contribution in [-0.2, 0) is 6.18 Å². The molecule has 0 atom stereocenters. The highest BCUT2D eigenvalue weighted by atomic mass is 19.4. The summed E-state index contributed by atoms with van der Waals surface area (Å²) in [4.78, 5) is 12.0. The van der Waals surface area contributed by atoms with E-state index in [9.17, 15) is 18.0 Å². The summed E-state index contributed by atoms with van der Waals surface area (Å²) in [5.74, 6) is -0.443. The summed E-state index contributed by atoms with van der Waals surface area (Å²) in [7, 11) is 0. The average molecular weight is 268 g/mol. The lowest BCUT2D eigenvalue weighted by molar-refractivity contribution is -0.137. The van der Waals surface area contributed by atoms with Gasteiger partial charge in [-0.2, -0.15) is 13.2 Å². The Balaban J connectivity index is 2.22. The zero-order valence-electron chi connectivity index (χ0n) is 10.5. The number of hydrogen-bond donors (Lipinski definition) is 0. The molecule has 1 aliphatic carbocycles. The zero-order chi connectivity index (χ0) is 13.9. The Labute approximate surface area is 110 Å². The molecule has 0 aromatic heterocycles. The molecule has 1 aromatic carbocycles. The standard InChI is InChI=1S/C15H15F3O/c16-15(17,18)13-9-5-4-8-12(13)14(19)10-11-6-2-1-3-7-11/h4-6,8-9H,1-3,7,10H2. The number of halogens is 3. The molecule has 0 aliphatic heterocycles. The third-order valence-corrected chi connectivity index (χ3v) is 3.31. The quantitative estimate of drug-likeness (QED) is 0.569. The van der Waals surface area contributed by atoms with Crippen LogP contribution in [0.15, 0.2) is 35.9 Å². The number of ketones is 1. The second-order valence-corrected chi connectivity index (χ2v) is 4.75. The first-order chi connectivity index (χ1) is 8.98. The largest absolute Gasteiger partial charge is 0.417 e. The first-order valence-electron chi connectivity index (χ1n) is 6.36. The van der Waals surface area contributed by atoms with E-state index in [1.54, 1.807) is 0 Å². The SMILES string of the molecule is O=C(CC1=CCCCC1)c1ccccc1C(F)(F)F. The van der Waals surface area contributed by atoms with Crippen molar-refractivity contribution in [3.8, 4) is 0 Å². The Morgan fingerprint density at radius 2 is 1.89 bits per heavy atom. The van der Waals surface area contributed by atoms with E-state index in [4.69, 9.17) is 0 Å². The summed E-state index contributed by atoms with van der Waals surface area (Å²) >= 11 is 0. The molecule has 0 bridgehead atoms. The monoisotopic (exact) mass is 268 g/mol. The molecule has 2 rings (SSSR count). The van der Waals surface area contributed by atoms with Gasteiger partial charge in [-0.05, 0) is 31.7 Å². The highest BCUT2D eigenvalue weighted by Crippen LogP contribution is 2.33. The summed E-state index contributed by atoms with van der Waals surface area (Å²) in [6.07, 6.45) is 1.46. The Hall–Kier alpha value is -1.58. The smallest absolute Gasteiger partial charge is 0.294 e. The van der Waals surface area contributed by atoms with Gasteiger partial charge in [0.15, 0.2) is 5.78 Å². The van der Waals surface area contributed by atoms with Crippen LogP contribution in [0.2, 0.25) is 0 Å². The molecule has 0 radical (unpaired) electrons. The molecule has 0 unspecified atom stereocenters. The molecule has 1 aliphatic rings. The van der Waals surface area contributed by atoms with Crippen LogP contribution in [0.1, 0.15) is 48.0 Å². The lowest BCUT2D eigenvalue weighted by Gasteiger charge is -2.14. The minimum absolute atomic E-state index is 0.104. The van der Waals surface area contributed by atoms with Crippen LogP contribution in [-0.4, -0.2) is 5.78 Å². The maximum Gasteiger partial charge on any atom is 0.417 e. The number of alkyl halides is 3. The lowest BCUT2D eigenvalue weighted by Crippen LogP contribution is -2.13. The van der Waals surface area contributed by atoms with E-state index < -0.39 is 17.5 Å². The van der Waals surface area contributed by atoms with Crippen LogP contribution in [0.5, 0.6) is 0 Å². The van der Waals surface area contributed by atoms with Crippen molar-refractivity contribution in [1.82, 2.24) is 0 Å². The third kappa shape index (κ3) is 3.46. The van der Waals surface area contributed by atoms with Gasteiger partial charge in [0.05, 0.1) is 5.56 Å². The van der Waals surface area contributed by atoms with Crippen molar-refractivity contribution in [2.24, 2.45) is 0 Å². The van der Waals surface area contributed by atoms with Gasteiger partial charge >= 0.3 is 6.18 Å². The van der Waals surface area contributed by atoms with Gasteiger partial charge in [-0.15, -0.1) is 0 Å². The number of carbonyl (C=O) groups is 1. The van der Waals surface area contributed by atoms with Gasteiger partial charge in [0.1, 0.15) is 0 Å². The molecule has 102 valence electrons. The highest BCUT2D eigenvalue weighted by Gasteiger charge is 2.34. The summed E-state index contributed by atoms with van der Waals surface area (Å²) in [6, 6.07) is 4.99. The Morgan fingerprint density at radius 1 is 1.16 bits per heavy atom. The van der Waals surface area contributed by atoms with Gasteiger partial charge in [-0.1, -0.05) is 29.8 Å². The van der Waals surface area contributed by atoms with E-state index >= 15 is 0 Å². The first kappa shape index (κ1) is 13.8. The molecule has 1 aromatic rings. The summed E-state index contributed by atoms with van der Waals surface area (Å²) in [6.45, 7) is 0. The number of carbonyl (C=O) groups excluding carboxylic acids is 1. The molecule has 0 fully saturated rings. The second kappa shape index (κ2) is 5.59. The van der Waals surface area contributed by atoms with Crippen LogP contribution in [0.4, 0.5) is 13.2 Å². The Kier molecular flexibility index (Phi) is 4.08. The maximum absolute atomic E-state index is 12.8. The number of allylic oxidation sites excluding steroid dienone is 2. The summed E-state index contributed by atoms with van der Waals surface area (Å²) in [5, 5.41) is 0. The fourth-order valence-electron chi connectivity index (χ4n) is 2.34. The van der Waals surface area contributed by atoms with Gasteiger partial charge in [0.2, 0.25) is 0 Å². The fourth-order valence-corrected chi connectivity index (χ4v) is 2.34. The molecule has 0 N–H and O–H groups in total. The van der Waals surface area contributed by atoms with Crippen LogP contribution in [0, 0.1) is 0 Å². The van der Waals surface area contributed by atoms with Crippen molar-refractivity contribution < 1.29 is 18.0 Å². The number of Topliss-reactive ketones (excluding diaryl/α,β-unsaturated/α-hetero) is 1. The van der Waals surface area contributed by atoms with Crippen molar-refractivity contribution in [2.75, 3.05) is 0 Å². The van der Waals surface area contributed by atoms with Gasteiger partial charge in [-0.3, -0.25) is 4.79 Å². The van der Waals surface area contributed by atoms with E-state index in [1.165, 1.54) is 18.2 Å². The van der Waals surface area contributed by atoms with E-state index in [0.29, 0.717) is 0 Å². The molecule has 0 spiro atoms. The topological polar surface area (TPSA) is 17.1 Å². The normalized spacial score (nSPS) is 16.1. The Bertz CT molecular complexity index is 500. The van der Waals surface area contributed by atoms with E-state index in [-0.39, 0.29) is 12.0 Å². The van der Waals surface area contributed by atoms with Gasteiger partial charge in [0, 0.05) is 12.0 Å². The molecule has 0 amide bonds. The van der Waals surface area contributed by atoms with Crippen molar-refractivity contribution in [2.45, 2.75) is 38.3 Å². The van der Waals surface area contributed by atoms with Crippen molar-refractivity contribution in [3.63, 3.8) is 0 Å². The van der Waals surface area contributed by atoms with Crippen molar-refractivity contribution in [3.05, 3.63) is 47.0 Å². The van der Waals surface area contributed by atoms with Gasteiger partial charge in [-0.25, -0.2) is 0 Å². The van der Waals surface area contributed by atoms with E-state index in [2.05, 4.69) is 0 Å². The highest BCUT2D eigenvalue weighted by molar-refractivity contribution is 5.99. The molecule has 1 nitrogen and oxygen atoms in total. The summed E-state index contributed by atoms with van der Waals surface area (Å²) in [5.41, 5.74) is -0.0916. The molecule has 0 heterocycles. The summed E-state index contributed by atoms with van der Waals surface area (Å²) < 4.78 is 38.5. The Morgan fingerprint density at radius 3 is 2.53 bits per heavy atom. The predicted octanol–water partition coefficient (Wildman–Crippen LogP) is 4.78. The third-order valence-electron chi connectivity index (χ3n) is 3.31. The molecular formula is C15H15F3O. The lowest BCUT2D eigenvalue weighted by atomic mass is 9.92. The van der Waals surface area contributed by atoms with Crippen LogP contribution >= 0.6 is 0 Å². The molecular weight excluding hydrogens is 253 g/mol. The van der Waals surface area contributed by atoms with Gasteiger partial charge < -0.3 is 0 Å². The van der Waals surface area contributed by atoms with Crippen LogP contribution in [0.3, 0.4) is 0 Å². The number of rotatable bonds is 3. The molecule has 0 saturated carbocycles. The minimum atomic E-state index is -4.48. The fraction of sp³-hybridized carbons (Fsp3) is 0.400. The number of benzene rings is 1. The zero-order valence-corrected chi connectivity index (χ0v) is 10.5. The van der Waals surface area contributed by atoms with Crippen LogP contribution < -0.4 is 0 Å². The second-order valence-electron chi connectivity index (χ2n) is 4.75. The molecule has 4 heteroatoms. The molecule has 0 saturated heterocycles.